The van der Waals surface area contributed by atoms with Crippen LogP contribution >= 0.6 is 23.7 Å². The second kappa shape index (κ2) is 8.58. The molecule has 2 atom stereocenters. The second-order valence-electron chi connectivity index (χ2n) is 5.72. The number of hydrogen-bond donors (Lipinski definition) is 1. The number of morpholine rings is 1. The fourth-order valence-corrected chi connectivity index (χ4v) is 3.57. The Hall–Kier alpha value is -1.47. The highest BCUT2D eigenvalue weighted by atomic mass is 35.5. The standard InChI is InChI=1S/C17H21N3O2S.ClH/c1-12-9-20(10-15(22-12)13-5-3-2-4-6-13)17(21)14-11-23-16(19-14)7-8-18;/h2-6,11-12,15H,7-10,18H2,1H3;1H. The summed E-state index contributed by atoms with van der Waals surface area (Å²) in [6.07, 6.45) is 0.621. The zero-order valence-corrected chi connectivity index (χ0v) is 15.2. The molecule has 130 valence electrons. The summed E-state index contributed by atoms with van der Waals surface area (Å²) in [4.78, 5) is 19.0. The monoisotopic (exact) mass is 367 g/mol. The maximum Gasteiger partial charge on any atom is 0.273 e. The van der Waals surface area contributed by atoms with Gasteiger partial charge >= 0.3 is 0 Å². The van der Waals surface area contributed by atoms with E-state index < -0.39 is 0 Å². The number of rotatable bonds is 4. The predicted octanol–water partition coefficient (Wildman–Crippen LogP) is 2.67. The Kier molecular flexibility index (Phi) is 6.74. The molecule has 1 amide bonds. The van der Waals surface area contributed by atoms with E-state index in [2.05, 4.69) is 4.98 Å². The number of nitrogens with two attached hydrogens (primary N) is 1. The number of carbonyl (C=O) groups excluding carboxylic acids is 1. The van der Waals surface area contributed by atoms with E-state index in [4.69, 9.17) is 10.5 Å². The van der Waals surface area contributed by atoms with E-state index in [1.54, 1.807) is 0 Å². The van der Waals surface area contributed by atoms with E-state index in [1.807, 2.05) is 47.5 Å². The van der Waals surface area contributed by atoms with Crippen LogP contribution in [-0.2, 0) is 11.2 Å². The van der Waals surface area contributed by atoms with E-state index in [1.165, 1.54) is 11.3 Å². The van der Waals surface area contributed by atoms with Crippen LogP contribution < -0.4 is 5.73 Å². The molecular weight excluding hydrogens is 346 g/mol. The van der Waals surface area contributed by atoms with E-state index in [0.717, 1.165) is 10.6 Å². The van der Waals surface area contributed by atoms with Gasteiger partial charge in [-0.15, -0.1) is 23.7 Å². The van der Waals surface area contributed by atoms with Crippen molar-refractivity contribution in [2.75, 3.05) is 19.6 Å². The highest BCUT2D eigenvalue weighted by molar-refractivity contribution is 7.09. The van der Waals surface area contributed by atoms with Crippen molar-refractivity contribution in [2.24, 2.45) is 5.73 Å². The van der Waals surface area contributed by atoms with Gasteiger partial charge in [-0.2, -0.15) is 0 Å². The number of hydrogen-bond acceptors (Lipinski definition) is 5. The molecule has 1 saturated heterocycles. The molecule has 5 nitrogen and oxygen atoms in total. The molecule has 1 aromatic heterocycles. The van der Waals surface area contributed by atoms with Gasteiger partial charge in [-0.05, 0) is 19.0 Å². The zero-order valence-electron chi connectivity index (χ0n) is 13.6. The number of halogens is 1. The summed E-state index contributed by atoms with van der Waals surface area (Å²) in [6, 6.07) is 10.0. The fraction of sp³-hybridized carbons (Fsp3) is 0.412. The predicted molar refractivity (Wildman–Crippen MR) is 97.8 cm³/mol. The van der Waals surface area contributed by atoms with Gasteiger partial charge in [-0.3, -0.25) is 4.79 Å². The van der Waals surface area contributed by atoms with Gasteiger partial charge in [0.2, 0.25) is 0 Å². The Morgan fingerprint density at radius 1 is 1.38 bits per heavy atom. The van der Waals surface area contributed by atoms with Gasteiger partial charge < -0.3 is 15.4 Å². The molecule has 1 fully saturated rings. The van der Waals surface area contributed by atoms with Crippen molar-refractivity contribution in [1.82, 2.24) is 9.88 Å². The third-order valence-corrected chi connectivity index (χ3v) is 4.76. The molecule has 1 aliphatic rings. The minimum absolute atomic E-state index is 0. The quantitative estimate of drug-likeness (QED) is 0.902. The first kappa shape index (κ1) is 18.9. The molecule has 7 heteroatoms. The first-order valence-corrected chi connectivity index (χ1v) is 8.69. The van der Waals surface area contributed by atoms with Crippen molar-refractivity contribution >= 4 is 29.7 Å². The molecule has 0 aliphatic carbocycles. The molecule has 2 aromatic rings. The van der Waals surface area contributed by atoms with Crippen molar-refractivity contribution in [1.29, 1.82) is 0 Å². The SMILES string of the molecule is CC1CN(C(=O)c2csc(CCN)n2)CC(c2ccccc2)O1.Cl. The lowest BCUT2D eigenvalue weighted by atomic mass is 10.1. The molecular formula is C17H22ClN3O2S. The third kappa shape index (κ3) is 4.33. The number of ether oxygens (including phenoxy) is 1. The van der Waals surface area contributed by atoms with Gasteiger partial charge in [0.1, 0.15) is 11.8 Å². The smallest absolute Gasteiger partial charge is 0.273 e. The van der Waals surface area contributed by atoms with E-state index >= 15 is 0 Å². The minimum atomic E-state index is -0.0916. The summed E-state index contributed by atoms with van der Waals surface area (Å²) in [5.74, 6) is -0.0272. The summed E-state index contributed by atoms with van der Waals surface area (Å²) in [5, 5.41) is 2.74. The maximum atomic E-state index is 12.7. The van der Waals surface area contributed by atoms with Gasteiger partial charge in [0, 0.05) is 18.3 Å². The van der Waals surface area contributed by atoms with Crippen molar-refractivity contribution in [3.05, 3.63) is 52.0 Å². The average Bonchev–Trinajstić information content (AvgIpc) is 3.03. The Balaban J connectivity index is 0.00000208. The first-order chi connectivity index (χ1) is 11.2. The van der Waals surface area contributed by atoms with Crippen LogP contribution in [0.1, 0.15) is 34.1 Å². The summed E-state index contributed by atoms with van der Waals surface area (Å²) in [5.41, 5.74) is 7.15. The van der Waals surface area contributed by atoms with Crippen LogP contribution in [0.15, 0.2) is 35.7 Å². The van der Waals surface area contributed by atoms with Gasteiger partial charge in [0.15, 0.2) is 0 Å². The lowest BCUT2D eigenvalue weighted by Crippen LogP contribution is -2.46. The Bertz CT molecular complexity index is 665. The second-order valence-corrected chi connectivity index (χ2v) is 6.66. The van der Waals surface area contributed by atoms with E-state index in [0.29, 0.717) is 31.7 Å². The molecule has 1 aromatic carbocycles. The number of nitrogens with zero attached hydrogens (tertiary/aromatic N) is 2. The Morgan fingerprint density at radius 2 is 2.12 bits per heavy atom. The molecule has 3 rings (SSSR count). The molecule has 0 radical (unpaired) electrons. The minimum Gasteiger partial charge on any atom is -0.367 e. The van der Waals surface area contributed by atoms with E-state index in [9.17, 15) is 4.79 Å². The maximum absolute atomic E-state index is 12.7. The summed E-state index contributed by atoms with van der Waals surface area (Å²) < 4.78 is 6.00. The van der Waals surface area contributed by atoms with Crippen LogP contribution in [0.3, 0.4) is 0 Å². The number of benzene rings is 1. The summed E-state index contributed by atoms with van der Waals surface area (Å²) in [7, 11) is 0. The lowest BCUT2D eigenvalue weighted by Gasteiger charge is -2.36. The van der Waals surface area contributed by atoms with Crippen LogP contribution in [0, 0.1) is 0 Å². The number of thiazole rings is 1. The highest BCUT2D eigenvalue weighted by Crippen LogP contribution is 2.26. The van der Waals surface area contributed by atoms with Crippen LogP contribution in [0.25, 0.3) is 0 Å². The van der Waals surface area contributed by atoms with Crippen molar-refractivity contribution in [3.63, 3.8) is 0 Å². The van der Waals surface area contributed by atoms with Crippen molar-refractivity contribution in [3.8, 4) is 0 Å². The molecule has 2 heterocycles. The fourth-order valence-electron chi connectivity index (χ4n) is 2.78. The normalized spacial score (nSPS) is 20.5. The molecule has 1 aliphatic heterocycles. The van der Waals surface area contributed by atoms with Crippen molar-refractivity contribution in [2.45, 2.75) is 25.6 Å². The van der Waals surface area contributed by atoms with E-state index in [-0.39, 0.29) is 30.5 Å². The van der Waals surface area contributed by atoms with Crippen LogP contribution in [0.4, 0.5) is 0 Å². The van der Waals surface area contributed by atoms with Crippen LogP contribution in [-0.4, -0.2) is 41.5 Å². The third-order valence-electron chi connectivity index (χ3n) is 3.85. The molecule has 2 unspecified atom stereocenters. The first-order valence-electron chi connectivity index (χ1n) is 7.81. The van der Waals surface area contributed by atoms with Crippen LogP contribution in [0.5, 0.6) is 0 Å². The molecule has 2 N–H and O–H groups in total. The van der Waals surface area contributed by atoms with Crippen LogP contribution in [0.2, 0.25) is 0 Å². The van der Waals surface area contributed by atoms with Crippen molar-refractivity contribution < 1.29 is 9.53 Å². The van der Waals surface area contributed by atoms with Gasteiger partial charge in [-0.1, -0.05) is 30.3 Å². The largest absolute Gasteiger partial charge is 0.367 e. The Morgan fingerprint density at radius 3 is 2.83 bits per heavy atom. The molecule has 24 heavy (non-hydrogen) atoms. The number of carbonyl (C=O) groups is 1. The van der Waals surface area contributed by atoms with Gasteiger partial charge in [0.25, 0.3) is 5.91 Å². The van der Waals surface area contributed by atoms with Gasteiger partial charge in [0.05, 0.1) is 17.7 Å². The topological polar surface area (TPSA) is 68.5 Å². The van der Waals surface area contributed by atoms with Gasteiger partial charge in [-0.25, -0.2) is 4.98 Å². The summed E-state index contributed by atoms with van der Waals surface area (Å²) in [6.45, 7) is 3.69. The number of amides is 1. The lowest BCUT2D eigenvalue weighted by molar-refractivity contribution is -0.0692. The average molecular weight is 368 g/mol. The molecule has 0 bridgehead atoms. The zero-order chi connectivity index (χ0) is 16.2. The summed E-state index contributed by atoms with van der Waals surface area (Å²) >= 11 is 1.49. The molecule has 0 spiro atoms. The highest BCUT2D eigenvalue weighted by Gasteiger charge is 2.30. The Labute approximate surface area is 152 Å². The number of aromatic nitrogens is 1. The molecule has 0 saturated carbocycles.